The van der Waals surface area contributed by atoms with Gasteiger partial charge in [-0.1, -0.05) is 6.07 Å². The molecule has 3 rings (SSSR count). The maximum atomic E-state index is 12.2. The van der Waals surface area contributed by atoms with Gasteiger partial charge in [0.2, 0.25) is 10.0 Å². The second-order valence-electron chi connectivity index (χ2n) is 5.11. The molecule has 0 amide bonds. The summed E-state index contributed by atoms with van der Waals surface area (Å²) >= 11 is 0. The molecule has 1 N–H and O–H groups in total. The second kappa shape index (κ2) is 3.55. The van der Waals surface area contributed by atoms with Gasteiger partial charge in [0.05, 0.1) is 10.5 Å². The zero-order valence-corrected chi connectivity index (χ0v) is 10.5. The summed E-state index contributed by atoms with van der Waals surface area (Å²) in [4.78, 5) is 10.9. The molecular formula is C12H13NO4S. The summed E-state index contributed by atoms with van der Waals surface area (Å²) in [5.41, 5.74) is 0.245. The molecule has 1 aliphatic carbocycles. The zero-order chi connectivity index (χ0) is 13.0. The fourth-order valence-corrected chi connectivity index (χ4v) is 4.02. The Kier molecular flexibility index (Phi) is 2.30. The molecule has 96 valence electrons. The molecule has 1 aromatic carbocycles. The van der Waals surface area contributed by atoms with Crippen LogP contribution in [-0.2, 0) is 10.0 Å². The number of carbonyl (C=O) groups is 1. The third-order valence-corrected chi connectivity index (χ3v) is 5.49. The number of sulfonamides is 1. The summed E-state index contributed by atoms with van der Waals surface area (Å²) in [6.07, 6.45) is 2.21. The molecule has 0 unspecified atom stereocenters. The molecule has 1 saturated heterocycles. The average Bonchev–Trinajstić information content (AvgIpc) is 3.07. The lowest BCUT2D eigenvalue weighted by Gasteiger charge is -2.38. The highest BCUT2D eigenvalue weighted by atomic mass is 32.2. The van der Waals surface area contributed by atoms with Crippen LogP contribution in [0.25, 0.3) is 0 Å². The Morgan fingerprint density at radius 1 is 1.28 bits per heavy atom. The average molecular weight is 267 g/mol. The highest BCUT2D eigenvalue weighted by Gasteiger charge is 2.55. The fraction of sp³-hybridized carbons (Fsp3) is 0.417. The topological polar surface area (TPSA) is 74.7 Å². The third kappa shape index (κ3) is 1.72. The molecule has 1 spiro atoms. The van der Waals surface area contributed by atoms with Crippen molar-refractivity contribution in [2.45, 2.75) is 17.7 Å². The SMILES string of the molecule is O=C(O)c1cccc(S(=O)(=O)N2CC3(CC3)C2)c1. The van der Waals surface area contributed by atoms with Crippen molar-refractivity contribution in [3.8, 4) is 0 Å². The quantitative estimate of drug-likeness (QED) is 0.892. The van der Waals surface area contributed by atoms with E-state index in [-0.39, 0.29) is 15.9 Å². The molecular weight excluding hydrogens is 254 g/mol. The minimum absolute atomic E-state index is 0.00210. The lowest BCUT2D eigenvalue weighted by atomic mass is 10.0. The van der Waals surface area contributed by atoms with E-state index in [9.17, 15) is 13.2 Å². The highest BCUT2D eigenvalue weighted by Crippen LogP contribution is 2.54. The number of hydrogen-bond donors (Lipinski definition) is 1. The summed E-state index contributed by atoms with van der Waals surface area (Å²) in [7, 11) is -3.52. The van der Waals surface area contributed by atoms with Crippen LogP contribution in [0, 0.1) is 5.41 Å². The number of nitrogens with zero attached hydrogens (tertiary/aromatic N) is 1. The molecule has 1 heterocycles. The van der Waals surface area contributed by atoms with Gasteiger partial charge in [-0.3, -0.25) is 0 Å². The molecule has 6 heteroatoms. The van der Waals surface area contributed by atoms with E-state index < -0.39 is 16.0 Å². The zero-order valence-electron chi connectivity index (χ0n) is 9.67. The Morgan fingerprint density at radius 2 is 1.94 bits per heavy atom. The van der Waals surface area contributed by atoms with E-state index in [2.05, 4.69) is 0 Å². The first-order chi connectivity index (χ1) is 8.43. The second-order valence-corrected chi connectivity index (χ2v) is 7.04. The van der Waals surface area contributed by atoms with Crippen LogP contribution in [0.5, 0.6) is 0 Å². The van der Waals surface area contributed by atoms with Crippen molar-refractivity contribution in [3.05, 3.63) is 29.8 Å². The summed E-state index contributed by atoms with van der Waals surface area (Å²) in [6, 6.07) is 5.51. The number of carboxylic acids is 1. The Balaban J connectivity index is 1.89. The predicted molar refractivity (Wildman–Crippen MR) is 63.8 cm³/mol. The maximum absolute atomic E-state index is 12.2. The van der Waals surface area contributed by atoms with Crippen LogP contribution in [0.3, 0.4) is 0 Å². The van der Waals surface area contributed by atoms with Crippen LogP contribution < -0.4 is 0 Å². The van der Waals surface area contributed by atoms with Gasteiger partial charge < -0.3 is 5.11 Å². The van der Waals surface area contributed by atoms with E-state index in [1.54, 1.807) is 0 Å². The van der Waals surface area contributed by atoms with E-state index >= 15 is 0 Å². The Morgan fingerprint density at radius 3 is 2.50 bits per heavy atom. The largest absolute Gasteiger partial charge is 0.478 e. The molecule has 2 aliphatic rings. The van der Waals surface area contributed by atoms with Gasteiger partial charge in [0.25, 0.3) is 0 Å². The van der Waals surface area contributed by atoms with Gasteiger partial charge in [-0.15, -0.1) is 0 Å². The molecule has 18 heavy (non-hydrogen) atoms. The van der Waals surface area contributed by atoms with Crippen LogP contribution in [-0.4, -0.2) is 36.9 Å². The number of hydrogen-bond acceptors (Lipinski definition) is 3. The first-order valence-electron chi connectivity index (χ1n) is 5.77. The number of rotatable bonds is 3. The van der Waals surface area contributed by atoms with Gasteiger partial charge >= 0.3 is 5.97 Å². The van der Waals surface area contributed by atoms with Crippen LogP contribution in [0.2, 0.25) is 0 Å². The molecule has 5 nitrogen and oxygen atoms in total. The number of aromatic carboxylic acids is 1. The van der Waals surface area contributed by atoms with E-state index in [4.69, 9.17) is 5.11 Å². The first-order valence-corrected chi connectivity index (χ1v) is 7.21. The molecule has 0 aromatic heterocycles. The standard InChI is InChI=1S/C12H13NO4S/c14-11(15)9-2-1-3-10(6-9)18(16,17)13-7-12(8-13)4-5-12/h1-3,6H,4-5,7-8H2,(H,14,15). The lowest BCUT2D eigenvalue weighted by Crippen LogP contribution is -2.51. The van der Waals surface area contributed by atoms with Gasteiger partial charge in [-0.2, -0.15) is 4.31 Å². The van der Waals surface area contributed by atoms with Crippen LogP contribution in [0.4, 0.5) is 0 Å². The van der Waals surface area contributed by atoms with E-state index in [1.165, 1.54) is 28.6 Å². The predicted octanol–water partition coefficient (Wildman–Crippen LogP) is 1.17. The van der Waals surface area contributed by atoms with Crippen LogP contribution in [0.1, 0.15) is 23.2 Å². The van der Waals surface area contributed by atoms with Crippen molar-refractivity contribution in [3.63, 3.8) is 0 Å². The van der Waals surface area contributed by atoms with Crippen molar-refractivity contribution in [1.29, 1.82) is 0 Å². The number of carboxylic acid groups (broad SMARTS) is 1. The van der Waals surface area contributed by atoms with E-state index in [0.717, 1.165) is 12.8 Å². The summed E-state index contributed by atoms with van der Waals surface area (Å²) < 4.78 is 25.9. The smallest absolute Gasteiger partial charge is 0.335 e. The molecule has 0 atom stereocenters. The van der Waals surface area contributed by atoms with Crippen molar-refractivity contribution in [2.24, 2.45) is 5.41 Å². The van der Waals surface area contributed by atoms with E-state index in [1.807, 2.05) is 0 Å². The van der Waals surface area contributed by atoms with Crippen molar-refractivity contribution >= 4 is 16.0 Å². The van der Waals surface area contributed by atoms with Crippen molar-refractivity contribution < 1.29 is 18.3 Å². The van der Waals surface area contributed by atoms with E-state index in [0.29, 0.717) is 13.1 Å². The Hall–Kier alpha value is -1.40. The summed E-state index contributed by atoms with van der Waals surface area (Å²) in [5, 5.41) is 8.87. The molecule has 2 fully saturated rings. The first kappa shape index (κ1) is 11.7. The third-order valence-electron chi connectivity index (χ3n) is 3.70. The van der Waals surface area contributed by atoms with Crippen LogP contribution >= 0.6 is 0 Å². The monoisotopic (exact) mass is 267 g/mol. The fourth-order valence-electron chi connectivity index (χ4n) is 2.30. The minimum Gasteiger partial charge on any atom is -0.478 e. The van der Waals surface area contributed by atoms with Crippen molar-refractivity contribution in [2.75, 3.05) is 13.1 Å². The Labute approximate surface area is 105 Å². The molecule has 0 bridgehead atoms. The van der Waals surface area contributed by atoms with Gasteiger partial charge in [-0.05, 0) is 36.5 Å². The van der Waals surface area contributed by atoms with Gasteiger partial charge in [0, 0.05) is 13.1 Å². The minimum atomic E-state index is -3.52. The molecule has 1 aromatic rings. The molecule has 0 radical (unpaired) electrons. The van der Waals surface area contributed by atoms with Crippen molar-refractivity contribution in [1.82, 2.24) is 4.31 Å². The summed E-state index contributed by atoms with van der Waals surface area (Å²) in [5.74, 6) is -1.12. The number of benzene rings is 1. The maximum Gasteiger partial charge on any atom is 0.335 e. The van der Waals surface area contributed by atoms with Gasteiger partial charge in [0.1, 0.15) is 0 Å². The highest BCUT2D eigenvalue weighted by molar-refractivity contribution is 7.89. The normalized spacial score (nSPS) is 21.6. The van der Waals surface area contributed by atoms with Gasteiger partial charge in [0.15, 0.2) is 0 Å². The molecule has 1 saturated carbocycles. The van der Waals surface area contributed by atoms with Crippen LogP contribution in [0.15, 0.2) is 29.2 Å². The summed E-state index contributed by atoms with van der Waals surface area (Å²) in [6.45, 7) is 1.15. The Bertz CT molecular complexity index is 611. The molecule has 1 aliphatic heterocycles. The van der Waals surface area contributed by atoms with Gasteiger partial charge in [-0.25, -0.2) is 13.2 Å². The lowest BCUT2D eigenvalue weighted by molar-refractivity contribution is 0.0696.